The van der Waals surface area contributed by atoms with E-state index in [1.807, 2.05) is 6.07 Å². The van der Waals surface area contributed by atoms with Crippen molar-refractivity contribution in [2.45, 2.75) is 6.92 Å². The van der Waals surface area contributed by atoms with Crippen molar-refractivity contribution < 1.29 is 9.53 Å². The van der Waals surface area contributed by atoms with Crippen molar-refractivity contribution >= 4 is 28.8 Å². The largest absolute Gasteiger partial charge is 0.462 e. The SMILES string of the molecule is CCOC(=O)c1cn[nH]c1Nc1nc2c(C#N)cccc2[nH]1. The van der Waals surface area contributed by atoms with E-state index in [1.54, 1.807) is 19.1 Å². The van der Waals surface area contributed by atoms with Crippen LogP contribution >= 0.6 is 0 Å². The number of aromatic nitrogens is 4. The van der Waals surface area contributed by atoms with Gasteiger partial charge >= 0.3 is 5.97 Å². The molecule has 0 aliphatic carbocycles. The fraction of sp³-hybridized carbons (Fsp3) is 0.143. The average Bonchev–Trinajstić information content (AvgIpc) is 3.13. The third-order valence-electron chi connectivity index (χ3n) is 3.01. The number of hydrogen-bond donors (Lipinski definition) is 3. The molecule has 0 bridgehead atoms. The molecule has 3 rings (SSSR count). The summed E-state index contributed by atoms with van der Waals surface area (Å²) in [5.41, 5.74) is 2.03. The van der Waals surface area contributed by atoms with Crippen molar-refractivity contribution in [1.82, 2.24) is 20.2 Å². The Kier molecular flexibility index (Phi) is 3.45. The van der Waals surface area contributed by atoms with Crippen LogP contribution in [0.15, 0.2) is 24.4 Å². The first-order chi connectivity index (χ1) is 10.7. The Hall–Kier alpha value is -3.34. The van der Waals surface area contributed by atoms with Gasteiger partial charge in [-0.2, -0.15) is 10.4 Å². The van der Waals surface area contributed by atoms with Crippen LogP contribution in [0.1, 0.15) is 22.8 Å². The van der Waals surface area contributed by atoms with Crippen LogP contribution < -0.4 is 5.32 Å². The van der Waals surface area contributed by atoms with Crippen molar-refractivity contribution in [1.29, 1.82) is 5.26 Å². The molecule has 0 atom stereocenters. The maximum Gasteiger partial charge on any atom is 0.343 e. The summed E-state index contributed by atoms with van der Waals surface area (Å²) < 4.78 is 4.95. The summed E-state index contributed by atoms with van der Waals surface area (Å²) in [4.78, 5) is 19.1. The Morgan fingerprint density at radius 2 is 2.36 bits per heavy atom. The Bertz CT molecular complexity index is 873. The first kappa shape index (κ1) is 13.6. The number of hydrogen-bond acceptors (Lipinski definition) is 6. The highest BCUT2D eigenvalue weighted by atomic mass is 16.5. The van der Waals surface area contributed by atoms with Crippen molar-refractivity contribution in [3.63, 3.8) is 0 Å². The minimum Gasteiger partial charge on any atom is -0.462 e. The van der Waals surface area contributed by atoms with Gasteiger partial charge in [0, 0.05) is 0 Å². The van der Waals surface area contributed by atoms with Crippen LogP contribution in [-0.2, 0) is 4.74 Å². The number of ether oxygens (including phenoxy) is 1. The number of imidazole rings is 1. The third-order valence-corrected chi connectivity index (χ3v) is 3.01. The van der Waals surface area contributed by atoms with Gasteiger partial charge in [0.15, 0.2) is 0 Å². The lowest BCUT2D eigenvalue weighted by atomic mass is 10.2. The number of nitriles is 1. The predicted molar refractivity (Wildman–Crippen MR) is 78.6 cm³/mol. The number of rotatable bonds is 4. The van der Waals surface area contributed by atoms with Gasteiger partial charge in [-0.15, -0.1) is 0 Å². The zero-order valence-corrected chi connectivity index (χ0v) is 11.7. The summed E-state index contributed by atoms with van der Waals surface area (Å²) in [5, 5.41) is 18.5. The number of nitrogens with one attached hydrogen (secondary N) is 3. The molecule has 0 fully saturated rings. The van der Waals surface area contributed by atoms with Crippen LogP contribution in [0.2, 0.25) is 0 Å². The first-order valence-electron chi connectivity index (χ1n) is 6.59. The average molecular weight is 296 g/mol. The lowest BCUT2D eigenvalue weighted by Crippen LogP contribution is -2.06. The molecule has 0 amide bonds. The minimum atomic E-state index is -0.479. The van der Waals surface area contributed by atoms with Gasteiger partial charge in [-0.3, -0.25) is 5.10 Å². The Morgan fingerprint density at radius 1 is 1.50 bits per heavy atom. The van der Waals surface area contributed by atoms with Crippen LogP contribution in [-0.4, -0.2) is 32.7 Å². The molecule has 0 aliphatic heterocycles. The first-order valence-corrected chi connectivity index (χ1v) is 6.59. The van der Waals surface area contributed by atoms with Crippen LogP contribution in [0.3, 0.4) is 0 Å². The maximum absolute atomic E-state index is 11.8. The highest BCUT2D eigenvalue weighted by Crippen LogP contribution is 2.21. The molecule has 0 saturated carbocycles. The van der Waals surface area contributed by atoms with E-state index in [9.17, 15) is 4.79 Å². The molecule has 0 radical (unpaired) electrons. The topological polar surface area (TPSA) is 119 Å². The molecule has 0 unspecified atom stereocenters. The van der Waals surface area contributed by atoms with E-state index in [2.05, 4.69) is 31.6 Å². The van der Waals surface area contributed by atoms with Crippen LogP contribution in [0.25, 0.3) is 11.0 Å². The fourth-order valence-corrected chi connectivity index (χ4v) is 2.05. The van der Waals surface area contributed by atoms with Gasteiger partial charge in [0.2, 0.25) is 5.95 Å². The molecule has 2 heterocycles. The molecule has 110 valence electrons. The molecule has 8 nitrogen and oxygen atoms in total. The number of aromatic amines is 2. The third kappa shape index (κ3) is 2.35. The summed E-state index contributed by atoms with van der Waals surface area (Å²) in [6.07, 6.45) is 1.38. The molecule has 0 aliphatic rings. The zero-order chi connectivity index (χ0) is 15.5. The number of carbonyl (C=O) groups is 1. The fourth-order valence-electron chi connectivity index (χ4n) is 2.05. The molecule has 0 saturated heterocycles. The van der Waals surface area contributed by atoms with E-state index in [1.165, 1.54) is 6.20 Å². The quantitative estimate of drug-likeness (QED) is 0.634. The highest BCUT2D eigenvalue weighted by molar-refractivity contribution is 5.95. The van der Waals surface area contributed by atoms with Gasteiger partial charge in [-0.1, -0.05) is 6.07 Å². The lowest BCUT2D eigenvalue weighted by Gasteiger charge is -2.03. The van der Waals surface area contributed by atoms with Gasteiger partial charge in [0.1, 0.15) is 23.0 Å². The van der Waals surface area contributed by atoms with Crippen LogP contribution in [0, 0.1) is 11.3 Å². The number of carbonyl (C=O) groups excluding carboxylic acids is 1. The number of H-pyrrole nitrogens is 2. The summed E-state index contributed by atoms with van der Waals surface area (Å²) in [6.45, 7) is 2.01. The Balaban J connectivity index is 1.93. The van der Waals surface area contributed by atoms with Crippen LogP contribution in [0.4, 0.5) is 11.8 Å². The molecule has 2 aromatic heterocycles. The molecule has 0 spiro atoms. The van der Waals surface area contributed by atoms with E-state index >= 15 is 0 Å². The van der Waals surface area contributed by atoms with Crippen molar-refractivity contribution in [2.75, 3.05) is 11.9 Å². The molecule has 3 N–H and O–H groups in total. The summed E-state index contributed by atoms with van der Waals surface area (Å²) in [6, 6.07) is 7.35. The Labute approximate surface area is 125 Å². The zero-order valence-electron chi connectivity index (χ0n) is 11.7. The molecular formula is C14H12N6O2. The molecule has 8 heteroatoms. The Morgan fingerprint density at radius 3 is 3.14 bits per heavy atom. The second-order valence-corrected chi connectivity index (χ2v) is 4.40. The van der Waals surface area contributed by atoms with E-state index in [-0.39, 0.29) is 12.2 Å². The number of fused-ring (bicyclic) bond motifs is 1. The summed E-state index contributed by atoms with van der Waals surface area (Å²) in [7, 11) is 0. The van der Waals surface area contributed by atoms with E-state index in [0.717, 1.165) is 5.52 Å². The normalized spacial score (nSPS) is 10.4. The number of benzene rings is 1. The van der Waals surface area contributed by atoms with Crippen molar-refractivity contribution in [2.24, 2.45) is 0 Å². The monoisotopic (exact) mass is 296 g/mol. The molecule has 3 aromatic rings. The summed E-state index contributed by atoms with van der Waals surface area (Å²) in [5.74, 6) is 0.288. The van der Waals surface area contributed by atoms with Crippen LogP contribution in [0.5, 0.6) is 0 Å². The number of para-hydroxylation sites is 1. The van der Waals surface area contributed by atoms with Gasteiger partial charge in [-0.25, -0.2) is 9.78 Å². The maximum atomic E-state index is 11.8. The smallest absolute Gasteiger partial charge is 0.343 e. The number of esters is 1. The predicted octanol–water partition coefficient (Wildman–Crippen LogP) is 2.08. The van der Waals surface area contributed by atoms with Gasteiger partial charge < -0.3 is 15.0 Å². The molecular weight excluding hydrogens is 284 g/mol. The highest BCUT2D eigenvalue weighted by Gasteiger charge is 2.16. The number of nitrogens with zero attached hydrogens (tertiary/aromatic N) is 3. The van der Waals surface area contributed by atoms with Crippen molar-refractivity contribution in [3.05, 3.63) is 35.5 Å². The molecule has 22 heavy (non-hydrogen) atoms. The van der Waals surface area contributed by atoms with Gasteiger partial charge in [-0.05, 0) is 19.1 Å². The summed E-state index contributed by atoms with van der Waals surface area (Å²) >= 11 is 0. The number of anilines is 2. The molecule has 1 aromatic carbocycles. The second-order valence-electron chi connectivity index (χ2n) is 4.40. The lowest BCUT2D eigenvalue weighted by molar-refractivity contribution is 0.0527. The van der Waals surface area contributed by atoms with E-state index in [0.29, 0.717) is 22.8 Å². The van der Waals surface area contributed by atoms with E-state index < -0.39 is 5.97 Å². The second kappa shape index (κ2) is 5.57. The standard InChI is InChI=1S/C14H12N6O2/c1-2-22-13(21)9-7-16-20-12(9)19-14-17-10-5-3-4-8(6-15)11(10)18-14/h3-5,7H,2H2,1H3,(H3,16,17,18,19,20). The van der Waals surface area contributed by atoms with Crippen molar-refractivity contribution in [3.8, 4) is 6.07 Å². The minimum absolute atomic E-state index is 0.277. The van der Waals surface area contributed by atoms with Gasteiger partial charge in [0.05, 0.1) is 23.9 Å². The van der Waals surface area contributed by atoms with E-state index in [4.69, 9.17) is 10.00 Å². The van der Waals surface area contributed by atoms with Gasteiger partial charge in [0.25, 0.3) is 0 Å².